The summed E-state index contributed by atoms with van der Waals surface area (Å²) in [7, 11) is 0. The van der Waals surface area contributed by atoms with E-state index in [0.717, 1.165) is 18.8 Å². The molecule has 110 valence electrons. The van der Waals surface area contributed by atoms with Crippen LogP contribution in [0.4, 0.5) is 0 Å². The topological polar surface area (TPSA) is 68.9 Å². The molecule has 1 heterocycles. The summed E-state index contributed by atoms with van der Waals surface area (Å²) in [6.45, 7) is 7.57. The molecule has 1 saturated heterocycles. The maximum atomic E-state index is 6.08. The van der Waals surface area contributed by atoms with E-state index >= 15 is 0 Å². The first kappa shape index (κ1) is 14.6. The molecule has 0 radical (unpaired) electrons. The molecule has 0 aromatic carbocycles. The van der Waals surface area contributed by atoms with E-state index in [0.29, 0.717) is 25.2 Å². The lowest BCUT2D eigenvalue weighted by Gasteiger charge is -2.34. The molecule has 1 saturated carbocycles. The van der Waals surface area contributed by atoms with E-state index in [-0.39, 0.29) is 11.9 Å². The first-order chi connectivity index (χ1) is 8.99. The van der Waals surface area contributed by atoms with Gasteiger partial charge in [-0.25, -0.2) is 0 Å². The second-order valence-electron chi connectivity index (χ2n) is 6.17. The van der Waals surface area contributed by atoms with Crippen molar-refractivity contribution in [1.82, 2.24) is 5.32 Å². The van der Waals surface area contributed by atoms with Crippen LogP contribution in [-0.4, -0.2) is 37.0 Å². The van der Waals surface area contributed by atoms with Crippen molar-refractivity contribution in [3.05, 3.63) is 0 Å². The lowest BCUT2D eigenvalue weighted by atomic mass is 9.86. The van der Waals surface area contributed by atoms with E-state index in [9.17, 15) is 0 Å². The van der Waals surface area contributed by atoms with Crippen molar-refractivity contribution < 1.29 is 9.47 Å². The second-order valence-corrected chi connectivity index (χ2v) is 6.17. The second kappa shape index (κ2) is 6.09. The molecule has 2 rings (SSSR count). The van der Waals surface area contributed by atoms with Crippen molar-refractivity contribution in [2.45, 2.75) is 64.4 Å². The summed E-state index contributed by atoms with van der Waals surface area (Å²) in [6.07, 6.45) is 4.43. The Morgan fingerprint density at radius 1 is 1.42 bits per heavy atom. The van der Waals surface area contributed by atoms with Crippen LogP contribution in [0.5, 0.6) is 0 Å². The van der Waals surface area contributed by atoms with Gasteiger partial charge in [-0.15, -0.1) is 0 Å². The summed E-state index contributed by atoms with van der Waals surface area (Å²) in [5.41, 5.74) is 5.78. The minimum Gasteiger partial charge on any atom is -0.370 e. The minimum atomic E-state index is -0.326. The lowest BCUT2D eigenvalue weighted by Crippen LogP contribution is -2.38. The largest absolute Gasteiger partial charge is 0.370 e. The Kier molecular flexibility index (Phi) is 4.68. The van der Waals surface area contributed by atoms with Crippen LogP contribution in [0.15, 0.2) is 4.99 Å². The van der Waals surface area contributed by atoms with Crippen molar-refractivity contribution in [3.63, 3.8) is 0 Å². The smallest absolute Gasteiger partial charge is 0.188 e. The SMILES string of the molecule is CC1CCC2(CC1)OCC(CN=C(N)NC(C)C)O2. The molecular formula is C14H27N3O2. The molecule has 5 nitrogen and oxygen atoms in total. The molecule has 2 fully saturated rings. The van der Waals surface area contributed by atoms with Gasteiger partial charge in [0.25, 0.3) is 0 Å². The maximum Gasteiger partial charge on any atom is 0.188 e. The third-order valence-corrected chi connectivity index (χ3v) is 3.85. The Balaban J connectivity index is 1.79. The number of rotatable bonds is 3. The number of guanidine groups is 1. The zero-order valence-corrected chi connectivity index (χ0v) is 12.3. The highest BCUT2D eigenvalue weighted by molar-refractivity contribution is 5.78. The number of nitrogens with one attached hydrogen (secondary N) is 1. The Bertz CT molecular complexity index is 323. The van der Waals surface area contributed by atoms with Crippen molar-refractivity contribution in [2.24, 2.45) is 16.6 Å². The highest BCUT2D eigenvalue weighted by atomic mass is 16.7. The predicted octanol–water partition coefficient (Wildman–Crippen LogP) is 1.62. The normalized spacial score (nSPS) is 36.1. The van der Waals surface area contributed by atoms with Crippen molar-refractivity contribution in [3.8, 4) is 0 Å². The molecule has 1 spiro atoms. The van der Waals surface area contributed by atoms with Gasteiger partial charge in [0.15, 0.2) is 11.7 Å². The van der Waals surface area contributed by atoms with Crippen LogP contribution >= 0.6 is 0 Å². The third-order valence-electron chi connectivity index (χ3n) is 3.85. The average Bonchev–Trinajstić information content (AvgIpc) is 2.74. The molecule has 5 heteroatoms. The molecule has 0 amide bonds. The molecule has 19 heavy (non-hydrogen) atoms. The Hall–Kier alpha value is -0.810. The molecule has 1 atom stereocenters. The van der Waals surface area contributed by atoms with E-state index in [2.05, 4.69) is 17.2 Å². The van der Waals surface area contributed by atoms with Gasteiger partial charge in [-0.2, -0.15) is 0 Å². The molecular weight excluding hydrogens is 242 g/mol. The Morgan fingerprint density at radius 3 is 2.74 bits per heavy atom. The Labute approximate surface area is 115 Å². The first-order valence-corrected chi connectivity index (χ1v) is 7.37. The highest BCUT2D eigenvalue weighted by Crippen LogP contribution is 2.39. The summed E-state index contributed by atoms with van der Waals surface area (Å²) >= 11 is 0. The average molecular weight is 269 g/mol. The van der Waals surface area contributed by atoms with E-state index < -0.39 is 0 Å². The first-order valence-electron chi connectivity index (χ1n) is 7.37. The summed E-state index contributed by atoms with van der Waals surface area (Å²) in [5.74, 6) is 0.949. The number of aliphatic imine (C=N–C) groups is 1. The van der Waals surface area contributed by atoms with Crippen LogP contribution in [0.3, 0.4) is 0 Å². The molecule has 0 aromatic rings. The fourth-order valence-corrected chi connectivity index (χ4v) is 2.71. The molecule has 1 aliphatic carbocycles. The summed E-state index contributed by atoms with van der Waals surface area (Å²) in [4.78, 5) is 4.32. The monoisotopic (exact) mass is 269 g/mol. The number of hydrogen-bond donors (Lipinski definition) is 2. The van der Waals surface area contributed by atoms with Gasteiger partial charge >= 0.3 is 0 Å². The molecule has 0 aromatic heterocycles. The van der Waals surface area contributed by atoms with Crippen molar-refractivity contribution >= 4 is 5.96 Å². The van der Waals surface area contributed by atoms with Gasteiger partial charge in [0.05, 0.1) is 13.2 Å². The summed E-state index contributed by atoms with van der Waals surface area (Å²) in [6, 6.07) is 0.302. The number of nitrogens with zero attached hydrogens (tertiary/aromatic N) is 1. The molecule has 1 unspecified atom stereocenters. The minimum absolute atomic E-state index is 0.0425. The van der Waals surface area contributed by atoms with Gasteiger partial charge in [-0.1, -0.05) is 6.92 Å². The van der Waals surface area contributed by atoms with Crippen molar-refractivity contribution in [2.75, 3.05) is 13.2 Å². The number of nitrogens with two attached hydrogens (primary N) is 1. The van der Waals surface area contributed by atoms with Gasteiger partial charge in [-0.3, -0.25) is 4.99 Å². The van der Waals surface area contributed by atoms with Gasteiger partial charge in [0.2, 0.25) is 0 Å². The summed E-state index contributed by atoms with van der Waals surface area (Å²) in [5, 5.41) is 3.07. The van der Waals surface area contributed by atoms with Gasteiger partial charge in [0.1, 0.15) is 6.10 Å². The molecule has 1 aliphatic heterocycles. The van der Waals surface area contributed by atoms with E-state index in [4.69, 9.17) is 15.2 Å². The maximum absolute atomic E-state index is 6.08. The third kappa shape index (κ3) is 4.08. The highest BCUT2D eigenvalue weighted by Gasteiger charge is 2.43. The van der Waals surface area contributed by atoms with Crippen LogP contribution in [0, 0.1) is 5.92 Å². The van der Waals surface area contributed by atoms with Crippen LogP contribution in [0.25, 0.3) is 0 Å². The molecule has 0 bridgehead atoms. The molecule has 2 aliphatic rings. The van der Waals surface area contributed by atoms with Gasteiger partial charge in [-0.05, 0) is 32.6 Å². The van der Waals surface area contributed by atoms with Crippen LogP contribution in [0.1, 0.15) is 46.5 Å². The quantitative estimate of drug-likeness (QED) is 0.603. The zero-order valence-electron chi connectivity index (χ0n) is 12.3. The fourth-order valence-electron chi connectivity index (χ4n) is 2.71. The van der Waals surface area contributed by atoms with Gasteiger partial charge in [0, 0.05) is 18.9 Å². The number of hydrogen-bond acceptors (Lipinski definition) is 3. The van der Waals surface area contributed by atoms with E-state index in [1.165, 1.54) is 12.8 Å². The lowest BCUT2D eigenvalue weighted by molar-refractivity contribution is -0.190. The van der Waals surface area contributed by atoms with Crippen molar-refractivity contribution in [1.29, 1.82) is 0 Å². The van der Waals surface area contributed by atoms with E-state index in [1.807, 2.05) is 13.8 Å². The standard InChI is InChI=1S/C14H27N3O2/c1-10(2)17-13(15)16-8-12-9-18-14(19-12)6-4-11(3)5-7-14/h10-12H,4-9H2,1-3H3,(H3,15,16,17). The van der Waals surface area contributed by atoms with Crippen LogP contribution in [0.2, 0.25) is 0 Å². The molecule has 3 N–H and O–H groups in total. The summed E-state index contributed by atoms with van der Waals surface area (Å²) < 4.78 is 12.0. The van der Waals surface area contributed by atoms with Gasteiger partial charge < -0.3 is 20.5 Å². The zero-order chi connectivity index (χ0) is 13.9. The Morgan fingerprint density at radius 2 is 2.11 bits per heavy atom. The van der Waals surface area contributed by atoms with E-state index in [1.54, 1.807) is 0 Å². The number of ether oxygens (including phenoxy) is 2. The predicted molar refractivity (Wildman–Crippen MR) is 75.9 cm³/mol. The van der Waals surface area contributed by atoms with Crippen LogP contribution in [-0.2, 0) is 9.47 Å². The fraction of sp³-hybridized carbons (Fsp3) is 0.929. The van der Waals surface area contributed by atoms with Crippen LogP contribution < -0.4 is 11.1 Å².